The number of piperidine rings is 2. The highest BCUT2D eigenvalue weighted by Crippen LogP contribution is 2.27. The van der Waals surface area contributed by atoms with Crippen LogP contribution in [-0.4, -0.2) is 75.1 Å². The second kappa shape index (κ2) is 10.7. The average molecular weight is 481 g/mol. The molecular formula is C23H36N4O5S. The van der Waals surface area contributed by atoms with Gasteiger partial charge in [-0.1, -0.05) is 17.7 Å². The first kappa shape index (κ1) is 25.3. The molecule has 1 aromatic carbocycles. The third-order valence-corrected chi connectivity index (χ3v) is 7.92. The van der Waals surface area contributed by atoms with Gasteiger partial charge in [-0.3, -0.25) is 4.79 Å². The summed E-state index contributed by atoms with van der Waals surface area (Å²) in [5, 5.41) is 6.13. The summed E-state index contributed by atoms with van der Waals surface area (Å²) < 4.78 is 30.2. The van der Waals surface area contributed by atoms with Crippen molar-refractivity contribution in [2.45, 2.75) is 51.6 Å². The monoisotopic (exact) mass is 480 g/mol. The van der Waals surface area contributed by atoms with E-state index in [4.69, 9.17) is 4.74 Å². The molecule has 33 heavy (non-hydrogen) atoms. The van der Waals surface area contributed by atoms with Gasteiger partial charge in [0.25, 0.3) is 0 Å². The molecule has 0 bridgehead atoms. The first-order valence-corrected chi connectivity index (χ1v) is 13.4. The van der Waals surface area contributed by atoms with Gasteiger partial charge in [0.05, 0.1) is 19.4 Å². The third kappa shape index (κ3) is 6.60. The van der Waals surface area contributed by atoms with Crippen molar-refractivity contribution in [2.75, 3.05) is 39.5 Å². The molecule has 2 N–H and O–H groups in total. The summed E-state index contributed by atoms with van der Waals surface area (Å²) >= 11 is 0. The van der Waals surface area contributed by atoms with Crippen LogP contribution >= 0.6 is 0 Å². The van der Waals surface area contributed by atoms with E-state index in [1.807, 2.05) is 32.0 Å². The Morgan fingerprint density at radius 3 is 2.30 bits per heavy atom. The number of benzene rings is 1. The Balaban J connectivity index is 1.45. The number of carbonyl (C=O) groups excluding carboxylic acids is 2. The average Bonchev–Trinajstić information content (AvgIpc) is 2.78. The maximum atomic E-state index is 12.8. The topological polar surface area (TPSA) is 108 Å². The zero-order valence-corrected chi connectivity index (χ0v) is 20.8. The molecule has 0 saturated carbocycles. The van der Waals surface area contributed by atoms with Crippen molar-refractivity contribution in [2.24, 2.45) is 5.92 Å². The van der Waals surface area contributed by atoms with Crippen LogP contribution in [0.25, 0.3) is 0 Å². The van der Waals surface area contributed by atoms with Gasteiger partial charge in [0, 0.05) is 43.7 Å². The number of amides is 3. The number of rotatable bonds is 6. The lowest BCUT2D eigenvalue weighted by Gasteiger charge is -2.35. The molecule has 3 amide bonds. The van der Waals surface area contributed by atoms with E-state index in [2.05, 4.69) is 10.6 Å². The number of aryl methyl sites for hydroxylation is 1. The van der Waals surface area contributed by atoms with Gasteiger partial charge in [-0.25, -0.2) is 17.5 Å². The molecule has 1 aromatic rings. The highest BCUT2D eigenvalue weighted by molar-refractivity contribution is 7.88. The number of hydrogen-bond acceptors (Lipinski definition) is 5. The van der Waals surface area contributed by atoms with Gasteiger partial charge in [0.15, 0.2) is 0 Å². The summed E-state index contributed by atoms with van der Waals surface area (Å²) in [4.78, 5) is 27.3. The van der Waals surface area contributed by atoms with Crippen LogP contribution in [0.5, 0.6) is 5.75 Å². The summed E-state index contributed by atoms with van der Waals surface area (Å²) in [6, 6.07) is 5.58. The molecule has 2 aliphatic rings. The standard InChI is InChI=1S/C23H36N4O5S/c1-16-5-6-21(32-3)20(15-16)17(2)24-22(28)18-7-11-26(12-8-18)23(29)25-19-9-13-27(14-10-19)33(4,30)31/h5-6,15,17-19H,7-14H2,1-4H3,(H,24,28)(H,25,29). The van der Waals surface area contributed by atoms with E-state index in [1.165, 1.54) is 10.6 Å². The number of hydrogen-bond donors (Lipinski definition) is 2. The van der Waals surface area contributed by atoms with E-state index in [0.717, 1.165) is 16.9 Å². The Morgan fingerprint density at radius 1 is 1.09 bits per heavy atom. The van der Waals surface area contributed by atoms with Crippen molar-refractivity contribution >= 4 is 22.0 Å². The zero-order valence-electron chi connectivity index (χ0n) is 20.0. The molecule has 0 spiro atoms. The minimum absolute atomic E-state index is 0.000681. The van der Waals surface area contributed by atoms with E-state index in [-0.39, 0.29) is 29.9 Å². The normalized spacial score (nSPS) is 19.7. The van der Waals surface area contributed by atoms with Crippen LogP contribution in [-0.2, 0) is 14.8 Å². The summed E-state index contributed by atoms with van der Waals surface area (Å²) in [6.07, 6.45) is 3.66. The molecule has 2 saturated heterocycles. The van der Waals surface area contributed by atoms with Gasteiger partial charge < -0.3 is 20.3 Å². The third-order valence-electron chi connectivity index (χ3n) is 6.61. The fourth-order valence-electron chi connectivity index (χ4n) is 4.54. The second-order valence-corrected chi connectivity index (χ2v) is 11.1. The predicted molar refractivity (Wildman–Crippen MR) is 127 cm³/mol. The Labute approximate surface area is 196 Å². The zero-order chi connectivity index (χ0) is 24.2. The Bertz CT molecular complexity index is 952. The lowest BCUT2D eigenvalue weighted by molar-refractivity contribution is -0.126. The van der Waals surface area contributed by atoms with E-state index >= 15 is 0 Å². The summed E-state index contributed by atoms with van der Waals surface area (Å²) in [5.41, 5.74) is 2.05. The molecule has 0 aromatic heterocycles. The number of ether oxygens (including phenoxy) is 1. The van der Waals surface area contributed by atoms with Gasteiger partial charge in [-0.05, 0) is 45.6 Å². The number of nitrogens with one attached hydrogen (secondary N) is 2. The first-order valence-electron chi connectivity index (χ1n) is 11.5. The maximum absolute atomic E-state index is 12.8. The van der Waals surface area contributed by atoms with Gasteiger partial charge >= 0.3 is 6.03 Å². The summed E-state index contributed by atoms with van der Waals surface area (Å²) in [5.74, 6) is 0.617. The summed E-state index contributed by atoms with van der Waals surface area (Å²) in [6.45, 7) is 5.86. The van der Waals surface area contributed by atoms with E-state index < -0.39 is 10.0 Å². The number of urea groups is 1. The van der Waals surface area contributed by atoms with Crippen LogP contribution in [0.4, 0.5) is 4.79 Å². The van der Waals surface area contributed by atoms with Crippen molar-refractivity contribution in [3.05, 3.63) is 29.3 Å². The largest absolute Gasteiger partial charge is 0.496 e. The highest BCUT2D eigenvalue weighted by Gasteiger charge is 2.31. The quantitative estimate of drug-likeness (QED) is 0.648. The fourth-order valence-corrected chi connectivity index (χ4v) is 5.42. The van der Waals surface area contributed by atoms with E-state index in [9.17, 15) is 18.0 Å². The van der Waals surface area contributed by atoms with Crippen LogP contribution in [0.1, 0.15) is 49.8 Å². The minimum atomic E-state index is -3.18. The number of likely N-dealkylation sites (tertiary alicyclic amines) is 1. The Hall–Kier alpha value is -2.33. The molecule has 184 valence electrons. The molecule has 2 fully saturated rings. The molecule has 2 heterocycles. The first-order chi connectivity index (χ1) is 15.6. The molecule has 2 aliphatic heterocycles. The molecule has 10 heteroatoms. The lowest BCUT2D eigenvalue weighted by atomic mass is 9.95. The number of sulfonamides is 1. The number of methoxy groups -OCH3 is 1. The molecule has 9 nitrogen and oxygen atoms in total. The van der Waals surface area contributed by atoms with Crippen molar-refractivity contribution in [3.63, 3.8) is 0 Å². The SMILES string of the molecule is COc1ccc(C)cc1C(C)NC(=O)C1CCN(C(=O)NC2CCN(S(C)(=O)=O)CC2)CC1. The highest BCUT2D eigenvalue weighted by atomic mass is 32.2. The summed E-state index contributed by atoms with van der Waals surface area (Å²) in [7, 11) is -1.56. The van der Waals surface area contributed by atoms with Gasteiger partial charge in [-0.2, -0.15) is 0 Å². The van der Waals surface area contributed by atoms with E-state index in [0.29, 0.717) is 51.9 Å². The van der Waals surface area contributed by atoms with Crippen molar-refractivity contribution in [1.82, 2.24) is 19.8 Å². The van der Waals surface area contributed by atoms with Crippen LogP contribution in [0, 0.1) is 12.8 Å². The Kier molecular flexibility index (Phi) is 8.23. The van der Waals surface area contributed by atoms with Gasteiger partial charge in [0.2, 0.25) is 15.9 Å². The van der Waals surface area contributed by atoms with E-state index in [1.54, 1.807) is 12.0 Å². The molecule has 3 rings (SSSR count). The molecule has 0 radical (unpaired) electrons. The smallest absolute Gasteiger partial charge is 0.317 e. The Morgan fingerprint density at radius 2 is 1.73 bits per heavy atom. The van der Waals surface area contributed by atoms with Crippen LogP contribution < -0.4 is 15.4 Å². The molecule has 1 atom stereocenters. The number of nitrogens with zero attached hydrogens (tertiary/aromatic N) is 2. The maximum Gasteiger partial charge on any atom is 0.317 e. The molecule has 1 unspecified atom stereocenters. The molecule has 0 aliphatic carbocycles. The van der Waals surface area contributed by atoms with Crippen molar-refractivity contribution in [1.29, 1.82) is 0 Å². The second-order valence-electron chi connectivity index (χ2n) is 9.12. The van der Waals surface area contributed by atoms with Gasteiger partial charge in [-0.15, -0.1) is 0 Å². The predicted octanol–water partition coefficient (Wildman–Crippen LogP) is 2.03. The van der Waals surface area contributed by atoms with Crippen LogP contribution in [0.3, 0.4) is 0 Å². The van der Waals surface area contributed by atoms with Gasteiger partial charge in [0.1, 0.15) is 5.75 Å². The van der Waals surface area contributed by atoms with Crippen LogP contribution in [0.2, 0.25) is 0 Å². The number of carbonyl (C=O) groups is 2. The molecular weight excluding hydrogens is 444 g/mol. The van der Waals surface area contributed by atoms with Crippen LogP contribution in [0.15, 0.2) is 18.2 Å². The lowest BCUT2D eigenvalue weighted by Crippen LogP contribution is -2.52. The van der Waals surface area contributed by atoms with Crippen molar-refractivity contribution in [3.8, 4) is 5.75 Å². The minimum Gasteiger partial charge on any atom is -0.496 e. The van der Waals surface area contributed by atoms with Crippen molar-refractivity contribution < 1.29 is 22.7 Å². The fraction of sp³-hybridized carbons (Fsp3) is 0.652.